The fraction of sp³-hybridized carbons (Fsp3) is 0.250. The molecule has 0 amide bonds. The van der Waals surface area contributed by atoms with E-state index in [9.17, 15) is 0 Å². The first-order valence-corrected chi connectivity index (χ1v) is 8.66. The molecule has 25 heavy (non-hydrogen) atoms. The van der Waals surface area contributed by atoms with E-state index in [0.717, 1.165) is 22.5 Å². The number of methoxy groups -OCH3 is 1. The van der Waals surface area contributed by atoms with E-state index in [4.69, 9.17) is 16.3 Å². The van der Waals surface area contributed by atoms with Crippen LogP contribution in [0.15, 0.2) is 60.7 Å². The van der Waals surface area contributed by atoms with Gasteiger partial charge in [-0.25, -0.2) is 4.68 Å². The molecule has 0 spiro atoms. The second-order valence-electron chi connectivity index (χ2n) is 5.87. The molecule has 1 N–H and O–H groups in total. The lowest BCUT2D eigenvalue weighted by molar-refractivity contribution is 0.102. The monoisotopic (exact) mass is 355 g/mol. The van der Waals surface area contributed by atoms with Gasteiger partial charge in [0, 0.05) is 25.8 Å². The van der Waals surface area contributed by atoms with Gasteiger partial charge in [0.1, 0.15) is 5.15 Å². The zero-order valence-electron chi connectivity index (χ0n) is 14.4. The quantitative estimate of drug-likeness (QED) is 0.686. The van der Waals surface area contributed by atoms with Crippen LogP contribution < -0.4 is 5.32 Å². The molecule has 4 nitrogen and oxygen atoms in total. The van der Waals surface area contributed by atoms with Crippen LogP contribution >= 0.6 is 11.6 Å². The van der Waals surface area contributed by atoms with Gasteiger partial charge in [0.25, 0.3) is 0 Å². The summed E-state index contributed by atoms with van der Waals surface area (Å²) in [6.45, 7) is 3.32. The Hall–Kier alpha value is -2.14. The minimum Gasteiger partial charge on any atom is -0.375 e. The molecule has 5 heteroatoms. The zero-order valence-corrected chi connectivity index (χ0v) is 15.2. The van der Waals surface area contributed by atoms with Crippen LogP contribution in [0.2, 0.25) is 5.15 Å². The first kappa shape index (κ1) is 17.7. The molecule has 0 aliphatic carbocycles. The highest BCUT2D eigenvalue weighted by Crippen LogP contribution is 2.23. The maximum atomic E-state index is 6.56. The minimum atomic E-state index is 0.00412. The number of nitrogens with one attached hydrogen (secondary N) is 1. The van der Waals surface area contributed by atoms with Gasteiger partial charge < -0.3 is 10.1 Å². The summed E-state index contributed by atoms with van der Waals surface area (Å²) in [4.78, 5) is 0. The van der Waals surface area contributed by atoms with Gasteiger partial charge in [-0.1, -0.05) is 60.1 Å². The Morgan fingerprint density at radius 3 is 2.36 bits per heavy atom. The molecule has 1 aromatic heterocycles. The van der Waals surface area contributed by atoms with Crippen molar-refractivity contribution in [3.05, 3.63) is 82.6 Å². The maximum absolute atomic E-state index is 6.56. The van der Waals surface area contributed by atoms with E-state index >= 15 is 0 Å². The summed E-state index contributed by atoms with van der Waals surface area (Å²) < 4.78 is 7.37. The van der Waals surface area contributed by atoms with Gasteiger partial charge in [-0.05, 0) is 24.6 Å². The highest BCUT2D eigenvalue weighted by atomic mass is 35.5. The van der Waals surface area contributed by atoms with Crippen molar-refractivity contribution in [1.82, 2.24) is 15.1 Å². The van der Waals surface area contributed by atoms with E-state index in [1.165, 1.54) is 0 Å². The van der Waals surface area contributed by atoms with E-state index < -0.39 is 0 Å². The van der Waals surface area contributed by atoms with E-state index in [-0.39, 0.29) is 6.10 Å². The Kier molecular flexibility index (Phi) is 5.87. The fourth-order valence-electron chi connectivity index (χ4n) is 2.81. The van der Waals surface area contributed by atoms with Crippen molar-refractivity contribution >= 4 is 11.6 Å². The third-order valence-electron chi connectivity index (χ3n) is 4.21. The first-order valence-electron chi connectivity index (χ1n) is 8.28. The van der Waals surface area contributed by atoms with E-state index in [0.29, 0.717) is 18.2 Å². The van der Waals surface area contributed by atoms with Crippen LogP contribution in [-0.2, 0) is 11.3 Å². The summed E-state index contributed by atoms with van der Waals surface area (Å²) in [5.74, 6) is 0. The second-order valence-corrected chi connectivity index (χ2v) is 6.23. The van der Waals surface area contributed by atoms with Crippen molar-refractivity contribution in [3.8, 4) is 5.69 Å². The number of hydrogen-bond acceptors (Lipinski definition) is 3. The van der Waals surface area contributed by atoms with Crippen molar-refractivity contribution < 1.29 is 4.74 Å². The second kappa shape index (κ2) is 8.30. The van der Waals surface area contributed by atoms with E-state index in [1.54, 1.807) is 11.8 Å². The van der Waals surface area contributed by atoms with Crippen molar-refractivity contribution in [3.63, 3.8) is 0 Å². The number of nitrogens with zero attached hydrogens (tertiary/aromatic N) is 2. The summed E-state index contributed by atoms with van der Waals surface area (Å²) in [5, 5.41) is 8.65. The average Bonchev–Trinajstić information content (AvgIpc) is 2.94. The summed E-state index contributed by atoms with van der Waals surface area (Å²) in [6, 6.07) is 20.1. The minimum absolute atomic E-state index is 0.00412. The molecule has 2 aromatic carbocycles. The number of benzene rings is 2. The summed E-state index contributed by atoms with van der Waals surface area (Å²) in [7, 11) is 1.73. The topological polar surface area (TPSA) is 39.1 Å². The molecule has 0 aliphatic rings. The van der Waals surface area contributed by atoms with E-state index in [1.807, 2.05) is 55.5 Å². The molecule has 0 bridgehead atoms. The van der Waals surface area contributed by atoms with Gasteiger partial charge in [0.2, 0.25) is 0 Å². The lowest BCUT2D eigenvalue weighted by Crippen LogP contribution is -2.22. The van der Waals surface area contributed by atoms with Crippen LogP contribution in [0.5, 0.6) is 0 Å². The summed E-state index contributed by atoms with van der Waals surface area (Å²) in [6.07, 6.45) is 0.00412. The Morgan fingerprint density at radius 1 is 1.08 bits per heavy atom. The third kappa shape index (κ3) is 4.10. The molecule has 0 radical (unpaired) electrons. The average molecular weight is 356 g/mol. The standard InChI is InChI=1S/C20H22ClN3O/c1-15-18(20(21)24(23-15)17-11-7-4-8-12-17)13-22-14-19(25-2)16-9-5-3-6-10-16/h3-12,19,22H,13-14H2,1-2H3/t19-/m1/s1. The number of aromatic nitrogens is 2. The van der Waals surface area contributed by atoms with Crippen molar-refractivity contribution in [2.45, 2.75) is 19.6 Å². The predicted octanol–water partition coefficient (Wildman–Crippen LogP) is 4.31. The highest BCUT2D eigenvalue weighted by molar-refractivity contribution is 6.30. The zero-order chi connectivity index (χ0) is 17.6. The SMILES string of the molecule is CO[C@H](CNCc1c(C)nn(-c2ccccc2)c1Cl)c1ccccc1. The molecule has 130 valence electrons. The Balaban J connectivity index is 1.68. The molecule has 3 rings (SSSR count). The number of rotatable bonds is 7. The molecule has 0 saturated carbocycles. The van der Waals surface area contributed by atoms with Crippen molar-refractivity contribution in [2.24, 2.45) is 0 Å². The summed E-state index contributed by atoms with van der Waals surface area (Å²) >= 11 is 6.56. The molecule has 0 aliphatic heterocycles. The Morgan fingerprint density at radius 2 is 1.72 bits per heavy atom. The van der Waals surface area contributed by atoms with Crippen LogP contribution in [0.1, 0.15) is 22.9 Å². The van der Waals surface area contributed by atoms with Crippen LogP contribution in [0, 0.1) is 6.92 Å². The molecule has 3 aromatic rings. The highest BCUT2D eigenvalue weighted by Gasteiger charge is 2.15. The molecule has 0 fully saturated rings. The van der Waals surface area contributed by atoms with E-state index in [2.05, 4.69) is 22.5 Å². The van der Waals surface area contributed by atoms with Gasteiger partial charge in [-0.15, -0.1) is 0 Å². The lowest BCUT2D eigenvalue weighted by atomic mass is 10.1. The van der Waals surface area contributed by atoms with Crippen molar-refractivity contribution in [2.75, 3.05) is 13.7 Å². The molecule has 0 unspecified atom stereocenters. The van der Waals surface area contributed by atoms with Gasteiger partial charge in [-0.2, -0.15) is 5.10 Å². The lowest BCUT2D eigenvalue weighted by Gasteiger charge is -2.16. The van der Waals surface area contributed by atoms with Gasteiger partial charge in [0.05, 0.1) is 17.5 Å². The molecular formula is C20H22ClN3O. The van der Waals surface area contributed by atoms with Crippen LogP contribution in [-0.4, -0.2) is 23.4 Å². The number of ether oxygens (including phenoxy) is 1. The number of para-hydroxylation sites is 1. The van der Waals surface area contributed by atoms with Gasteiger partial charge in [0.15, 0.2) is 0 Å². The van der Waals surface area contributed by atoms with Crippen LogP contribution in [0.4, 0.5) is 0 Å². The van der Waals surface area contributed by atoms with Gasteiger partial charge >= 0.3 is 0 Å². The normalized spacial score (nSPS) is 12.3. The summed E-state index contributed by atoms with van der Waals surface area (Å²) in [5.41, 5.74) is 4.05. The number of hydrogen-bond donors (Lipinski definition) is 1. The van der Waals surface area contributed by atoms with Gasteiger partial charge in [-0.3, -0.25) is 0 Å². The molecular weight excluding hydrogens is 334 g/mol. The largest absolute Gasteiger partial charge is 0.375 e. The Bertz CT molecular complexity index is 803. The maximum Gasteiger partial charge on any atom is 0.137 e. The number of halogens is 1. The smallest absolute Gasteiger partial charge is 0.137 e. The van der Waals surface area contributed by atoms with Crippen LogP contribution in [0.25, 0.3) is 5.69 Å². The fourth-order valence-corrected chi connectivity index (χ4v) is 3.14. The Labute approximate surface area is 153 Å². The number of aryl methyl sites for hydroxylation is 1. The predicted molar refractivity (Wildman–Crippen MR) is 101 cm³/mol. The molecule has 1 heterocycles. The van der Waals surface area contributed by atoms with Crippen molar-refractivity contribution in [1.29, 1.82) is 0 Å². The third-order valence-corrected chi connectivity index (χ3v) is 4.60. The molecule has 0 saturated heterocycles. The first-order chi connectivity index (χ1) is 12.2. The molecule has 1 atom stereocenters. The van der Waals surface area contributed by atoms with Crippen LogP contribution in [0.3, 0.4) is 0 Å².